The van der Waals surface area contributed by atoms with Gasteiger partial charge in [-0.25, -0.2) is 0 Å². The number of hydrogen-bond acceptors (Lipinski definition) is 5. The van der Waals surface area contributed by atoms with E-state index in [0.717, 1.165) is 16.9 Å². The highest BCUT2D eigenvalue weighted by atomic mass is 28.4. The van der Waals surface area contributed by atoms with Gasteiger partial charge in [0.2, 0.25) is 5.91 Å². The number of carbonyl (C=O) groups is 1. The van der Waals surface area contributed by atoms with Gasteiger partial charge in [-0.15, -0.1) is 0 Å². The molecule has 2 rings (SSSR count). The van der Waals surface area contributed by atoms with E-state index < -0.39 is 26.6 Å². The summed E-state index contributed by atoms with van der Waals surface area (Å²) in [4.78, 5) is 12.0. The first kappa shape index (κ1) is 24.1. The third-order valence-electron chi connectivity index (χ3n) is 6.77. The molecule has 0 atom stereocenters. The number of rotatable bonds is 6. The van der Waals surface area contributed by atoms with E-state index in [4.69, 9.17) is 18.8 Å². The molecule has 9 heteroatoms. The van der Waals surface area contributed by atoms with Crippen LogP contribution in [0.5, 0.6) is 0 Å². The summed E-state index contributed by atoms with van der Waals surface area (Å²) < 4.78 is 20.7. The maximum Gasteiger partial charge on any atom is 0.498 e. The molecular formula is C20H38BN3O4Si. The van der Waals surface area contributed by atoms with Crippen LogP contribution < -0.4 is 10.8 Å². The monoisotopic (exact) mass is 423 g/mol. The molecule has 164 valence electrons. The molecule has 0 bridgehead atoms. The topological polar surface area (TPSA) is 74.6 Å². The Bertz CT molecular complexity index is 753. The van der Waals surface area contributed by atoms with Crippen LogP contribution in [0.15, 0.2) is 0 Å². The van der Waals surface area contributed by atoms with Gasteiger partial charge in [-0.1, -0.05) is 20.8 Å². The van der Waals surface area contributed by atoms with Crippen LogP contribution in [-0.2, 0) is 31.7 Å². The maximum absolute atomic E-state index is 12.0. The van der Waals surface area contributed by atoms with Crippen molar-refractivity contribution in [3.8, 4) is 0 Å². The van der Waals surface area contributed by atoms with Crippen LogP contribution in [0.3, 0.4) is 0 Å². The van der Waals surface area contributed by atoms with E-state index in [1.54, 1.807) is 11.7 Å². The summed E-state index contributed by atoms with van der Waals surface area (Å²) in [6, 6.07) is 0. The molecule has 2 heterocycles. The molecule has 0 spiro atoms. The van der Waals surface area contributed by atoms with E-state index in [1.807, 2.05) is 34.6 Å². The average molecular weight is 423 g/mol. The van der Waals surface area contributed by atoms with Crippen molar-refractivity contribution < 1.29 is 18.5 Å². The largest absolute Gasteiger partial charge is 0.498 e. The Balaban J connectivity index is 2.42. The highest BCUT2D eigenvalue weighted by Gasteiger charge is 2.53. The first-order valence-corrected chi connectivity index (χ1v) is 13.2. The van der Waals surface area contributed by atoms with Crippen LogP contribution in [-0.4, -0.2) is 49.4 Å². The van der Waals surface area contributed by atoms with E-state index in [1.165, 1.54) is 0 Å². The van der Waals surface area contributed by atoms with Crippen molar-refractivity contribution in [1.82, 2.24) is 15.1 Å². The molecule has 0 aliphatic carbocycles. The Kier molecular flexibility index (Phi) is 6.51. The predicted octanol–water partition coefficient (Wildman–Crippen LogP) is 2.76. The number of nitrogens with one attached hydrogen (secondary N) is 1. The quantitative estimate of drug-likeness (QED) is 0.713. The predicted molar refractivity (Wildman–Crippen MR) is 119 cm³/mol. The van der Waals surface area contributed by atoms with Crippen molar-refractivity contribution in [1.29, 1.82) is 0 Å². The number of amides is 1. The molecule has 1 aromatic heterocycles. The molecule has 1 saturated heterocycles. The third kappa shape index (κ3) is 4.78. The molecule has 1 aliphatic heterocycles. The molecule has 1 aromatic rings. The molecule has 0 radical (unpaired) electrons. The lowest BCUT2D eigenvalue weighted by molar-refractivity contribution is -0.121. The first-order valence-electron chi connectivity index (χ1n) is 10.3. The highest BCUT2D eigenvalue weighted by Crippen LogP contribution is 2.38. The lowest BCUT2D eigenvalue weighted by Gasteiger charge is -2.36. The molecule has 1 aliphatic rings. The summed E-state index contributed by atoms with van der Waals surface area (Å²) in [5, 5.41) is 7.47. The Labute approximate surface area is 177 Å². The standard InChI is InChI=1S/C20H38BN3O4Si/c1-14-17(21-27-19(5,6)20(7,8)28-21)15(23-24(14)12-16(25)22-9)13-26-29(10,11)18(2,3)4/h12-13H2,1-11H3,(H,22,25). The summed E-state index contributed by atoms with van der Waals surface area (Å²) in [5.74, 6) is -0.104. The first-order chi connectivity index (χ1) is 13.0. The number of likely N-dealkylation sites (N-methyl/N-ethyl adjacent to an activating group) is 1. The fourth-order valence-corrected chi connectivity index (χ4v) is 3.76. The second-order valence-electron chi connectivity index (χ2n) is 10.4. The van der Waals surface area contributed by atoms with Gasteiger partial charge in [0.15, 0.2) is 8.32 Å². The SMILES string of the molecule is CNC(=O)Cn1nc(CO[Si](C)(C)C(C)(C)C)c(B2OC(C)(C)C(C)(C)O2)c1C. The minimum absolute atomic E-state index is 0.0945. The van der Waals surface area contributed by atoms with Crippen LogP contribution in [0.25, 0.3) is 0 Å². The molecule has 0 aromatic carbocycles. The number of aromatic nitrogens is 2. The molecular weight excluding hydrogens is 385 g/mol. The van der Waals surface area contributed by atoms with Gasteiger partial charge in [-0.3, -0.25) is 9.48 Å². The summed E-state index contributed by atoms with van der Waals surface area (Å²) in [5.41, 5.74) is 1.59. The molecule has 1 amide bonds. The Hall–Kier alpha value is -1.16. The van der Waals surface area contributed by atoms with E-state index >= 15 is 0 Å². The van der Waals surface area contributed by atoms with E-state index in [2.05, 4.69) is 39.2 Å². The highest BCUT2D eigenvalue weighted by molar-refractivity contribution is 6.74. The fourth-order valence-electron chi connectivity index (χ4n) is 2.83. The lowest BCUT2D eigenvalue weighted by atomic mass is 9.77. The van der Waals surface area contributed by atoms with E-state index in [-0.39, 0.29) is 17.5 Å². The van der Waals surface area contributed by atoms with Gasteiger partial charge in [0, 0.05) is 18.2 Å². The Morgan fingerprint density at radius 3 is 2.17 bits per heavy atom. The van der Waals surface area contributed by atoms with Gasteiger partial charge in [0.1, 0.15) is 6.54 Å². The van der Waals surface area contributed by atoms with Crippen LogP contribution in [0.2, 0.25) is 18.1 Å². The number of nitrogens with zero attached hydrogens (tertiary/aromatic N) is 2. The molecule has 1 fully saturated rings. The second-order valence-corrected chi connectivity index (χ2v) is 15.2. The van der Waals surface area contributed by atoms with Crippen molar-refractivity contribution >= 4 is 26.8 Å². The molecule has 0 saturated carbocycles. The van der Waals surface area contributed by atoms with Crippen molar-refractivity contribution in [2.24, 2.45) is 0 Å². The van der Waals surface area contributed by atoms with E-state index in [0.29, 0.717) is 6.61 Å². The molecule has 0 unspecified atom stereocenters. The Morgan fingerprint density at radius 1 is 1.21 bits per heavy atom. The molecule has 7 nitrogen and oxygen atoms in total. The normalized spacial score (nSPS) is 18.9. The minimum atomic E-state index is -1.96. The van der Waals surface area contributed by atoms with Crippen molar-refractivity contribution in [2.45, 2.75) is 97.9 Å². The fraction of sp³-hybridized carbons (Fsp3) is 0.800. The zero-order valence-electron chi connectivity index (χ0n) is 20.0. The zero-order valence-corrected chi connectivity index (χ0v) is 21.0. The van der Waals surface area contributed by atoms with Gasteiger partial charge < -0.3 is 19.1 Å². The zero-order chi connectivity index (χ0) is 22.4. The minimum Gasteiger partial charge on any atom is -0.411 e. The van der Waals surface area contributed by atoms with E-state index in [9.17, 15) is 4.79 Å². The van der Waals surface area contributed by atoms with Gasteiger partial charge in [-0.2, -0.15) is 5.10 Å². The average Bonchev–Trinajstić information content (AvgIpc) is 2.97. The number of hydrogen-bond donors (Lipinski definition) is 1. The summed E-state index contributed by atoms with van der Waals surface area (Å²) in [6.45, 7) is 21.7. The summed E-state index contributed by atoms with van der Waals surface area (Å²) in [7, 11) is -0.886. The van der Waals surface area contributed by atoms with Gasteiger partial charge in [0.05, 0.1) is 23.5 Å². The number of carbonyl (C=O) groups excluding carboxylic acids is 1. The van der Waals surface area contributed by atoms with Crippen LogP contribution in [0.1, 0.15) is 59.9 Å². The summed E-state index contributed by atoms with van der Waals surface area (Å²) in [6.07, 6.45) is 0. The van der Waals surface area contributed by atoms with Crippen molar-refractivity contribution in [3.05, 3.63) is 11.4 Å². The maximum atomic E-state index is 12.0. The van der Waals surface area contributed by atoms with Crippen LogP contribution in [0, 0.1) is 6.92 Å². The third-order valence-corrected chi connectivity index (χ3v) is 11.2. The second kappa shape index (κ2) is 7.83. The van der Waals surface area contributed by atoms with Gasteiger partial charge in [0.25, 0.3) is 0 Å². The summed E-state index contributed by atoms with van der Waals surface area (Å²) >= 11 is 0. The Morgan fingerprint density at radius 2 is 1.72 bits per heavy atom. The molecule has 29 heavy (non-hydrogen) atoms. The van der Waals surface area contributed by atoms with Gasteiger partial charge in [-0.05, 0) is 52.8 Å². The van der Waals surface area contributed by atoms with Crippen LogP contribution >= 0.6 is 0 Å². The van der Waals surface area contributed by atoms with Crippen LogP contribution in [0.4, 0.5) is 0 Å². The molecule has 1 N–H and O–H groups in total. The smallest absolute Gasteiger partial charge is 0.411 e. The van der Waals surface area contributed by atoms with Crippen molar-refractivity contribution in [2.75, 3.05) is 7.05 Å². The lowest BCUT2D eigenvalue weighted by Crippen LogP contribution is -2.42. The van der Waals surface area contributed by atoms with Crippen molar-refractivity contribution in [3.63, 3.8) is 0 Å². The van der Waals surface area contributed by atoms with Gasteiger partial charge >= 0.3 is 7.12 Å².